The molecule has 2 rings (SSSR count). The zero-order chi connectivity index (χ0) is 10.3. The van der Waals surface area contributed by atoms with Gasteiger partial charge in [-0.2, -0.15) is 0 Å². The van der Waals surface area contributed by atoms with Gasteiger partial charge in [0.2, 0.25) is 0 Å². The summed E-state index contributed by atoms with van der Waals surface area (Å²) in [7, 11) is 0. The minimum absolute atomic E-state index is 0.0129. The Bertz CT molecular complexity index is 249. The zero-order valence-corrected chi connectivity index (χ0v) is 8.83. The second-order valence-electron chi connectivity index (χ2n) is 4.71. The van der Waals surface area contributed by atoms with Crippen molar-refractivity contribution in [1.29, 1.82) is 0 Å². The molecule has 0 aliphatic carbocycles. The van der Waals surface area contributed by atoms with Gasteiger partial charge in [-0.15, -0.1) is 0 Å². The maximum atomic E-state index is 12.0. The number of carbonyl (C=O) groups is 1. The van der Waals surface area contributed by atoms with Crippen molar-refractivity contribution in [2.45, 2.75) is 38.6 Å². The highest BCUT2D eigenvalue weighted by atomic mass is 16.5. The standard InChI is InChI=1S/C9H17N3O2/c1-9(2,3)12-4-10-7-6(8(12)13)14-5-11-7/h6-7,10-11H,4-5H2,1-3H3. The Balaban J connectivity index is 2.13. The summed E-state index contributed by atoms with van der Waals surface area (Å²) < 4.78 is 5.33. The molecule has 80 valence electrons. The van der Waals surface area contributed by atoms with Crippen LogP contribution in [0, 0.1) is 0 Å². The Labute approximate surface area is 83.8 Å². The van der Waals surface area contributed by atoms with Crippen molar-refractivity contribution in [3.05, 3.63) is 0 Å². The van der Waals surface area contributed by atoms with E-state index in [1.807, 2.05) is 20.8 Å². The molecular formula is C9H17N3O2. The third-order valence-corrected chi connectivity index (χ3v) is 2.66. The molecule has 2 atom stereocenters. The van der Waals surface area contributed by atoms with Crippen LogP contribution in [0.4, 0.5) is 0 Å². The normalized spacial score (nSPS) is 33.4. The van der Waals surface area contributed by atoms with Crippen LogP contribution in [0.1, 0.15) is 20.8 Å². The Morgan fingerprint density at radius 1 is 1.43 bits per heavy atom. The predicted octanol–water partition coefficient (Wildman–Crippen LogP) is -0.554. The van der Waals surface area contributed by atoms with Gasteiger partial charge in [0.1, 0.15) is 0 Å². The van der Waals surface area contributed by atoms with E-state index in [4.69, 9.17) is 4.74 Å². The molecule has 2 fully saturated rings. The minimum atomic E-state index is -0.358. The SMILES string of the molecule is CC(C)(C)N1CNC2NCOC2C1=O. The van der Waals surface area contributed by atoms with E-state index in [0.717, 1.165) is 0 Å². The number of nitrogens with one attached hydrogen (secondary N) is 2. The fraction of sp³-hybridized carbons (Fsp3) is 0.889. The first-order valence-electron chi connectivity index (χ1n) is 4.90. The lowest BCUT2D eigenvalue weighted by molar-refractivity contribution is -0.151. The molecule has 0 aromatic heterocycles. The van der Waals surface area contributed by atoms with Crippen LogP contribution in [0.15, 0.2) is 0 Å². The van der Waals surface area contributed by atoms with Crippen LogP contribution in [0.5, 0.6) is 0 Å². The van der Waals surface area contributed by atoms with Crippen LogP contribution in [-0.2, 0) is 9.53 Å². The van der Waals surface area contributed by atoms with Gasteiger partial charge < -0.3 is 9.64 Å². The number of hydrogen-bond donors (Lipinski definition) is 2. The molecule has 0 aromatic carbocycles. The minimum Gasteiger partial charge on any atom is -0.350 e. The number of ether oxygens (including phenoxy) is 1. The Morgan fingerprint density at radius 2 is 2.14 bits per heavy atom. The van der Waals surface area contributed by atoms with Gasteiger partial charge in [0, 0.05) is 5.54 Å². The van der Waals surface area contributed by atoms with Crippen molar-refractivity contribution in [3.63, 3.8) is 0 Å². The second-order valence-corrected chi connectivity index (χ2v) is 4.71. The number of rotatable bonds is 0. The van der Waals surface area contributed by atoms with E-state index in [1.165, 1.54) is 0 Å². The molecule has 2 unspecified atom stereocenters. The lowest BCUT2D eigenvalue weighted by atomic mass is 10.0. The summed E-state index contributed by atoms with van der Waals surface area (Å²) in [5.41, 5.74) is -0.152. The fourth-order valence-corrected chi connectivity index (χ4v) is 1.81. The van der Waals surface area contributed by atoms with Gasteiger partial charge in [-0.1, -0.05) is 0 Å². The number of hydrogen-bond acceptors (Lipinski definition) is 4. The second kappa shape index (κ2) is 3.18. The van der Waals surface area contributed by atoms with E-state index >= 15 is 0 Å². The summed E-state index contributed by atoms with van der Waals surface area (Å²) in [6.45, 7) is 7.10. The highest BCUT2D eigenvalue weighted by Gasteiger charge is 2.43. The summed E-state index contributed by atoms with van der Waals surface area (Å²) in [5.74, 6) is 0.0752. The van der Waals surface area contributed by atoms with Crippen molar-refractivity contribution in [1.82, 2.24) is 15.5 Å². The molecule has 2 aliphatic rings. The molecule has 2 saturated heterocycles. The number of nitrogens with zero attached hydrogens (tertiary/aromatic N) is 1. The fourth-order valence-electron chi connectivity index (χ4n) is 1.81. The van der Waals surface area contributed by atoms with Gasteiger partial charge >= 0.3 is 0 Å². The molecule has 2 N–H and O–H groups in total. The molecule has 14 heavy (non-hydrogen) atoms. The summed E-state index contributed by atoms with van der Waals surface area (Å²) in [4.78, 5) is 13.8. The van der Waals surface area contributed by atoms with Crippen molar-refractivity contribution in [2.75, 3.05) is 13.4 Å². The first-order chi connectivity index (χ1) is 6.50. The van der Waals surface area contributed by atoms with Gasteiger partial charge in [-0.25, -0.2) is 0 Å². The first-order valence-corrected chi connectivity index (χ1v) is 4.90. The summed E-state index contributed by atoms with van der Waals surface area (Å²) in [6.07, 6.45) is -0.371. The number of fused-ring (bicyclic) bond motifs is 1. The highest BCUT2D eigenvalue weighted by Crippen LogP contribution is 2.20. The average Bonchev–Trinajstić information content (AvgIpc) is 2.50. The van der Waals surface area contributed by atoms with Crippen LogP contribution in [0.3, 0.4) is 0 Å². The summed E-state index contributed by atoms with van der Waals surface area (Å²) in [5, 5.41) is 6.32. The van der Waals surface area contributed by atoms with Gasteiger partial charge in [-0.3, -0.25) is 15.4 Å². The van der Waals surface area contributed by atoms with E-state index < -0.39 is 0 Å². The monoisotopic (exact) mass is 199 g/mol. The molecule has 0 saturated carbocycles. The van der Waals surface area contributed by atoms with E-state index in [2.05, 4.69) is 10.6 Å². The van der Waals surface area contributed by atoms with Gasteiger partial charge in [0.05, 0.1) is 19.6 Å². The molecule has 2 aliphatic heterocycles. The van der Waals surface area contributed by atoms with Crippen molar-refractivity contribution >= 4 is 5.91 Å². The van der Waals surface area contributed by atoms with E-state index in [1.54, 1.807) is 4.90 Å². The Kier molecular flexibility index (Phi) is 2.25. The molecular weight excluding hydrogens is 182 g/mol. The molecule has 0 bridgehead atoms. The van der Waals surface area contributed by atoms with E-state index in [9.17, 15) is 4.79 Å². The Hall–Kier alpha value is -0.650. The number of carbonyl (C=O) groups excluding carboxylic acids is 1. The average molecular weight is 199 g/mol. The smallest absolute Gasteiger partial charge is 0.256 e. The van der Waals surface area contributed by atoms with Crippen LogP contribution < -0.4 is 10.6 Å². The quantitative estimate of drug-likeness (QED) is 0.549. The summed E-state index contributed by atoms with van der Waals surface area (Å²) in [6, 6.07) is 0. The van der Waals surface area contributed by atoms with Crippen LogP contribution >= 0.6 is 0 Å². The van der Waals surface area contributed by atoms with Crippen LogP contribution in [0.25, 0.3) is 0 Å². The maximum absolute atomic E-state index is 12.0. The van der Waals surface area contributed by atoms with Crippen molar-refractivity contribution in [2.24, 2.45) is 0 Å². The van der Waals surface area contributed by atoms with Crippen molar-refractivity contribution in [3.8, 4) is 0 Å². The van der Waals surface area contributed by atoms with Crippen LogP contribution in [-0.4, -0.2) is 42.0 Å². The lowest BCUT2D eigenvalue weighted by Gasteiger charge is -2.42. The molecule has 0 radical (unpaired) electrons. The van der Waals surface area contributed by atoms with E-state index in [0.29, 0.717) is 13.4 Å². The maximum Gasteiger partial charge on any atom is 0.256 e. The van der Waals surface area contributed by atoms with Gasteiger partial charge in [0.25, 0.3) is 5.91 Å². The van der Waals surface area contributed by atoms with E-state index in [-0.39, 0.29) is 23.7 Å². The summed E-state index contributed by atoms with van der Waals surface area (Å²) >= 11 is 0. The lowest BCUT2D eigenvalue weighted by Crippen LogP contribution is -2.65. The predicted molar refractivity (Wildman–Crippen MR) is 51.3 cm³/mol. The highest BCUT2D eigenvalue weighted by molar-refractivity contribution is 5.83. The molecule has 0 spiro atoms. The van der Waals surface area contributed by atoms with Gasteiger partial charge in [0.15, 0.2) is 6.10 Å². The number of amides is 1. The molecule has 2 heterocycles. The molecule has 1 amide bonds. The molecule has 0 aromatic rings. The van der Waals surface area contributed by atoms with Crippen LogP contribution in [0.2, 0.25) is 0 Å². The third kappa shape index (κ3) is 1.51. The third-order valence-electron chi connectivity index (χ3n) is 2.66. The van der Waals surface area contributed by atoms with Gasteiger partial charge in [-0.05, 0) is 20.8 Å². The zero-order valence-electron chi connectivity index (χ0n) is 8.83. The topological polar surface area (TPSA) is 53.6 Å². The molecule has 5 heteroatoms. The first kappa shape index (κ1) is 9.89. The largest absolute Gasteiger partial charge is 0.350 e. The van der Waals surface area contributed by atoms with Crippen molar-refractivity contribution < 1.29 is 9.53 Å². The Morgan fingerprint density at radius 3 is 2.79 bits per heavy atom. The molecule has 5 nitrogen and oxygen atoms in total.